The van der Waals surface area contributed by atoms with Crippen LogP contribution in [-0.2, 0) is 4.79 Å². The molecule has 1 nitrogen and oxygen atoms in total. The monoisotopic (exact) mass is 202 g/mol. The van der Waals surface area contributed by atoms with Crippen LogP contribution in [0.1, 0.15) is 0 Å². The van der Waals surface area contributed by atoms with E-state index in [0.29, 0.717) is 5.33 Å². The van der Waals surface area contributed by atoms with Crippen molar-refractivity contribution in [3.05, 3.63) is 0 Å². The van der Waals surface area contributed by atoms with Gasteiger partial charge in [-0.15, -0.1) is 17.0 Å². The van der Waals surface area contributed by atoms with Gasteiger partial charge in [-0.05, 0) is 0 Å². The highest BCUT2D eigenvalue weighted by Gasteiger charge is 1.55. The van der Waals surface area contributed by atoms with Gasteiger partial charge < -0.3 is 4.79 Å². The Balaban J connectivity index is 0. The van der Waals surface area contributed by atoms with Crippen LogP contribution in [-0.4, -0.2) is 11.6 Å². The van der Waals surface area contributed by atoms with Crippen molar-refractivity contribution >= 4 is 39.2 Å². The Hall–Kier alpha value is 0.630. The van der Waals surface area contributed by atoms with Gasteiger partial charge in [0, 0.05) is 0 Å². The Labute approximate surface area is 49.6 Å². The maximum atomic E-state index is 9.13. The second kappa shape index (κ2) is 8.82. The SMILES string of the molecule is Br.O=CCBr. The van der Waals surface area contributed by atoms with Crippen molar-refractivity contribution in [3.63, 3.8) is 0 Å². The summed E-state index contributed by atoms with van der Waals surface area (Å²) in [5.41, 5.74) is 0. The summed E-state index contributed by atoms with van der Waals surface area (Å²) < 4.78 is 0. The van der Waals surface area contributed by atoms with E-state index in [4.69, 9.17) is 4.79 Å². The number of alkyl halides is 1. The van der Waals surface area contributed by atoms with Crippen LogP contribution >= 0.6 is 32.9 Å². The summed E-state index contributed by atoms with van der Waals surface area (Å²) in [6.07, 6.45) is 0.792. The third-order valence-electron chi connectivity index (χ3n) is 0.0630. The minimum absolute atomic E-state index is 0. The predicted octanol–water partition coefficient (Wildman–Crippen LogP) is 1.16. The van der Waals surface area contributed by atoms with Gasteiger partial charge in [0.05, 0.1) is 5.33 Å². The third kappa shape index (κ3) is 12.1. The van der Waals surface area contributed by atoms with Crippen LogP contribution in [0.4, 0.5) is 0 Å². The van der Waals surface area contributed by atoms with Crippen molar-refractivity contribution in [1.29, 1.82) is 0 Å². The van der Waals surface area contributed by atoms with Crippen LogP contribution in [0.3, 0.4) is 0 Å². The Morgan fingerprint density at radius 1 is 1.80 bits per heavy atom. The van der Waals surface area contributed by atoms with E-state index in [0.717, 1.165) is 6.29 Å². The van der Waals surface area contributed by atoms with Gasteiger partial charge in [-0.1, -0.05) is 15.9 Å². The van der Waals surface area contributed by atoms with E-state index in [9.17, 15) is 0 Å². The molecule has 0 amide bonds. The second-order valence-electron chi connectivity index (χ2n) is 0.321. The van der Waals surface area contributed by atoms with Crippen LogP contribution in [0.2, 0.25) is 0 Å². The summed E-state index contributed by atoms with van der Waals surface area (Å²) in [5, 5.41) is 0.451. The molecule has 0 aliphatic rings. The van der Waals surface area contributed by atoms with Gasteiger partial charge in [0.1, 0.15) is 6.29 Å². The molecule has 0 fully saturated rings. The second-order valence-corrected chi connectivity index (χ2v) is 0.968. The molecule has 0 heterocycles. The molecular weight excluding hydrogens is 200 g/mol. The number of carbonyl (C=O) groups is 1. The van der Waals surface area contributed by atoms with Gasteiger partial charge in [-0.25, -0.2) is 0 Å². The van der Waals surface area contributed by atoms with Crippen molar-refractivity contribution in [3.8, 4) is 0 Å². The van der Waals surface area contributed by atoms with Crippen molar-refractivity contribution in [2.75, 3.05) is 5.33 Å². The predicted molar refractivity (Wildman–Crippen MR) is 30.2 cm³/mol. The number of aldehydes is 1. The van der Waals surface area contributed by atoms with Gasteiger partial charge in [-0.3, -0.25) is 0 Å². The first-order valence-electron chi connectivity index (χ1n) is 0.911. The molecule has 0 saturated carbocycles. The van der Waals surface area contributed by atoms with Crippen LogP contribution in [0.5, 0.6) is 0 Å². The maximum Gasteiger partial charge on any atom is 0.130 e. The number of hydrogen-bond acceptors (Lipinski definition) is 1. The summed E-state index contributed by atoms with van der Waals surface area (Å²) in [4.78, 5) is 9.13. The van der Waals surface area contributed by atoms with Gasteiger partial charge in [0.25, 0.3) is 0 Å². The smallest absolute Gasteiger partial charge is 0.130 e. The largest absolute Gasteiger partial charge is 0.302 e. The molecule has 0 aliphatic heterocycles. The van der Waals surface area contributed by atoms with Crippen molar-refractivity contribution < 1.29 is 4.79 Å². The van der Waals surface area contributed by atoms with E-state index in [1.165, 1.54) is 0 Å². The number of hydrogen-bond donors (Lipinski definition) is 0. The summed E-state index contributed by atoms with van der Waals surface area (Å²) in [7, 11) is 0. The van der Waals surface area contributed by atoms with Crippen LogP contribution in [0.25, 0.3) is 0 Å². The fourth-order valence-corrected chi connectivity index (χ4v) is 0. The standard InChI is InChI=1S/C2H3BrO.BrH/c3-1-2-4;/h2H,1H2;1H. The van der Waals surface area contributed by atoms with Gasteiger partial charge in [0.2, 0.25) is 0 Å². The Morgan fingerprint density at radius 2 is 2.00 bits per heavy atom. The lowest BCUT2D eigenvalue weighted by Crippen LogP contribution is -1.61. The average Bonchev–Trinajstić information content (AvgIpc) is 1.37. The molecule has 0 bridgehead atoms. The van der Waals surface area contributed by atoms with E-state index < -0.39 is 0 Å². The molecule has 5 heavy (non-hydrogen) atoms. The molecule has 0 rings (SSSR count). The number of rotatable bonds is 1. The van der Waals surface area contributed by atoms with Gasteiger partial charge >= 0.3 is 0 Å². The lowest BCUT2D eigenvalue weighted by Gasteiger charge is -1.49. The van der Waals surface area contributed by atoms with Crippen LogP contribution in [0.15, 0.2) is 0 Å². The van der Waals surface area contributed by atoms with E-state index in [1.54, 1.807) is 0 Å². The number of carbonyl (C=O) groups excluding carboxylic acids is 1. The molecule has 0 aromatic rings. The quantitative estimate of drug-likeness (QED) is 0.462. The van der Waals surface area contributed by atoms with Crippen LogP contribution in [0, 0.1) is 0 Å². The summed E-state index contributed by atoms with van der Waals surface area (Å²) in [6, 6.07) is 0. The fourth-order valence-electron chi connectivity index (χ4n) is 0. The van der Waals surface area contributed by atoms with Crippen molar-refractivity contribution in [2.45, 2.75) is 0 Å². The Morgan fingerprint density at radius 3 is 2.00 bits per heavy atom. The fraction of sp³-hybridized carbons (Fsp3) is 0.500. The minimum Gasteiger partial charge on any atom is -0.302 e. The Bertz CT molecular complexity index is 21.6. The van der Waals surface area contributed by atoms with Gasteiger partial charge in [-0.2, -0.15) is 0 Å². The first-order valence-corrected chi connectivity index (χ1v) is 2.03. The molecular formula is C2H4Br2O. The lowest BCUT2D eigenvalue weighted by atomic mass is 11.0. The lowest BCUT2D eigenvalue weighted by molar-refractivity contribution is -0.105. The molecule has 0 saturated heterocycles. The average molecular weight is 204 g/mol. The van der Waals surface area contributed by atoms with E-state index in [1.807, 2.05) is 0 Å². The minimum atomic E-state index is 0. The molecule has 0 N–H and O–H groups in total. The van der Waals surface area contributed by atoms with E-state index in [2.05, 4.69) is 15.9 Å². The highest BCUT2D eigenvalue weighted by molar-refractivity contribution is 9.09. The normalized spacial score (nSPS) is 5.00. The summed E-state index contributed by atoms with van der Waals surface area (Å²) in [6.45, 7) is 0. The number of halogens is 2. The van der Waals surface area contributed by atoms with Crippen LogP contribution < -0.4 is 0 Å². The molecule has 32 valence electrons. The molecule has 0 aliphatic carbocycles. The molecule has 3 heteroatoms. The molecule has 0 radical (unpaired) electrons. The summed E-state index contributed by atoms with van der Waals surface area (Å²) in [5.74, 6) is 0. The zero-order chi connectivity index (χ0) is 3.41. The molecule has 0 aromatic carbocycles. The summed E-state index contributed by atoms with van der Waals surface area (Å²) >= 11 is 2.88. The first kappa shape index (κ1) is 9.16. The highest BCUT2D eigenvalue weighted by Crippen LogP contribution is 1.65. The van der Waals surface area contributed by atoms with Crippen molar-refractivity contribution in [1.82, 2.24) is 0 Å². The molecule has 0 atom stereocenters. The maximum absolute atomic E-state index is 9.13. The van der Waals surface area contributed by atoms with Gasteiger partial charge in [0.15, 0.2) is 0 Å². The van der Waals surface area contributed by atoms with E-state index in [-0.39, 0.29) is 17.0 Å². The molecule has 0 spiro atoms. The Kier molecular flexibility index (Phi) is 16.2. The zero-order valence-electron chi connectivity index (χ0n) is 2.48. The topological polar surface area (TPSA) is 17.1 Å². The van der Waals surface area contributed by atoms with Crippen molar-refractivity contribution in [2.24, 2.45) is 0 Å². The zero-order valence-corrected chi connectivity index (χ0v) is 5.78. The van der Waals surface area contributed by atoms with E-state index >= 15 is 0 Å². The molecule has 0 aromatic heterocycles. The highest BCUT2D eigenvalue weighted by atomic mass is 79.9. The third-order valence-corrected chi connectivity index (χ3v) is 0.327. The molecule has 0 unspecified atom stereocenters. The first-order chi connectivity index (χ1) is 1.91.